The van der Waals surface area contributed by atoms with Gasteiger partial charge in [-0.2, -0.15) is 0 Å². The topological polar surface area (TPSA) is 12.0 Å². The van der Waals surface area contributed by atoms with Gasteiger partial charge in [-0.3, -0.25) is 0 Å². The Kier molecular flexibility index (Phi) is 2.91. The fourth-order valence-electron chi connectivity index (χ4n) is 5.09. The molecule has 19 heavy (non-hydrogen) atoms. The summed E-state index contributed by atoms with van der Waals surface area (Å²) in [7, 11) is 0. The maximum absolute atomic E-state index is 3.90. The highest BCUT2D eigenvalue weighted by Crippen LogP contribution is 2.54. The van der Waals surface area contributed by atoms with Crippen LogP contribution in [0.1, 0.15) is 37.7 Å². The molecule has 0 unspecified atom stereocenters. The lowest BCUT2D eigenvalue weighted by molar-refractivity contribution is 0.00752. The summed E-state index contributed by atoms with van der Waals surface area (Å²) >= 11 is 3.60. The zero-order valence-electron chi connectivity index (χ0n) is 11.5. The molecular formula is C17H22BrN. The van der Waals surface area contributed by atoms with Crippen LogP contribution < -0.4 is 5.32 Å². The van der Waals surface area contributed by atoms with E-state index in [9.17, 15) is 0 Å². The predicted octanol–water partition coefficient (Wildman–Crippen LogP) is 4.99. The first-order valence-electron chi connectivity index (χ1n) is 7.71. The van der Waals surface area contributed by atoms with Gasteiger partial charge < -0.3 is 5.32 Å². The lowest BCUT2D eigenvalue weighted by atomic mass is 9.54. The highest BCUT2D eigenvalue weighted by Gasteiger charge is 2.48. The number of hydrogen-bond acceptors (Lipinski definition) is 1. The largest absolute Gasteiger partial charge is 0.382 e. The van der Waals surface area contributed by atoms with Crippen LogP contribution in [0.3, 0.4) is 0 Å². The summed E-state index contributed by atoms with van der Waals surface area (Å²) in [5.41, 5.74) is 2.71. The summed E-state index contributed by atoms with van der Waals surface area (Å²) in [5, 5.41) is 3.90. The van der Waals surface area contributed by atoms with Gasteiger partial charge in [0.25, 0.3) is 0 Å². The number of nitrogens with one attached hydrogen (secondary N) is 1. The van der Waals surface area contributed by atoms with Gasteiger partial charge in [0.05, 0.1) is 0 Å². The van der Waals surface area contributed by atoms with Crippen molar-refractivity contribution in [3.8, 4) is 0 Å². The summed E-state index contributed by atoms with van der Waals surface area (Å²) in [5.74, 6) is 4.00. The van der Waals surface area contributed by atoms with Gasteiger partial charge in [0.2, 0.25) is 0 Å². The maximum atomic E-state index is 3.90. The first-order chi connectivity index (χ1) is 9.19. The van der Waals surface area contributed by atoms with Crippen LogP contribution in [-0.2, 0) is 0 Å². The Morgan fingerprint density at radius 1 is 1.00 bits per heavy atom. The van der Waals surface area contributed by atoms with E-state index in [1.165, 1.54) is 47.8 Å². The fraction of sp³-hybridized carbons (Fsp3) is 0.647. The lowest BCUT2D eigenvalue weighted by Crippen LogP contribution is -2.51. The van der Waals surface area contributed by atoms with Crippen LogP contribution in [0.15, 0.2) is 22.7 Å². The molecule has 102 valence electrons. The quantitative estimate of drug-likeness (QED) is 0.809. The molecule has 4 aliphatic rings. The van der Waals surface area contributed by atoms with Gasteiger partial charge in [-0.15, -0.1) is 0 Å². The van der Waals surface area contributed by atoms with Crippen molar-refractivity contribution in [1.29, 1.82) is 0 Å². The van der Waals surface area contributed by atoms with Crippen LogP contribution in [0.4, 0.5) is 5.69 Å². The lowest BCUT2D eigenvalue weighted by Gasteiger charge is -2.54. The van der Waals surface area contributed by atoms with Crippen molar-refractivity contribution in [3.05, 3.63) is 28.2 Å². The van der Waals surface area contributed by atoms with E-state index in [0.717, 1.165) is 29.7 Å². The van der Waals surface area contributed by atoms with Gasteiger partial charge in [-0.05, 0) is 80.4 Å². The van der Waals surface area contributed by atoms with Crippen LogP contribution in [0.25, 0.3) is 0 Å². The van der Waals surface area contributed by atoms with Crippen molar-refractivity contribution in [2.45, 2.75) is 45.1 Å². The van der Waals surface area contributed by atoms with Gasteiger partial charge in [0, 0.05) is 16.2 Å². The third-order valence-electron chi connectivity index (χ3n) is 5.75. The molecule has 5 rings (SSSR count). The summed E-state index contributed by atoms with van der Waals surface area (Å²) in [4.78, 5) is 0. The number of benzene rings is 1. The second-order valence-corrected chi connectivity index (χ2v) is 7.98. The standard InChI is InChI=1S/C17H22BrN/c1-10-2-3-15(18)9-16(10)19-17-13-5-11-4-12(7-13)8-14(17)6-11/h2-3,9,11-14,17,19H,4-8H2,1H3. The van der Waals surface area contributed by atoms with E-state index in [-0.39, 0.29) is 0 Å². The molecule has 4 fully saturated rings. The molecule has 1 N–H and O–H groups in total. The fourth-order valence-corrected chi connectivity index (χ4v) is 5.45. The molecule has 0 heterocycles. The zero-order valence-corrected chi connectivity index (χ0v) is 13.1. The molecule has 4 aliphatic carbocycles. The van der Waals surface area contributed by atoms with E-state index >= 15 is 0 Å². The third kappa shape index (κ3) is 2.12. The molecule has 1 aromatic carbocycles. The molecule has 0 spiro atoms. The van der Waals surface area contributed by atoms with Gasteiger partial charge in [-0.25, -0.2) is 0 Å². The Bertz CT molecular complexity index is 468. The zero-order chi connectivity index (χ0) is 13.0. The summed E-state index contributed by atoms with van der Waals surface area (Å²) in [6.07, 6.45) is 7.47. The summed E-state index contributed by atoms with van der Waals surface area (Å²) in [6.45, 7) is 2.21. The van der Waals surface area contributed by atoms with E-state index in [2.05, 4.69) is 46.4 Å². The molecule has 0 amide bonds. The van der Waals surface area contributed by atoms with Crippen LogP contribution in [0.2, 0.25) is 0 Å². The number of rotatable bonds is 2. The summed E-state index contributed by atoms with van der Waals surface area (Å²) in [6, 6.07) is 7.33. The van der Waals surface area contributed by atoms with E-state index in [1.54, 1.807) is 0 Å². The van der Waals surface area contributed by atoms with E-state index in [4.69, 9.17) is 0 Å². The van der Waals surface area contributed by atoms with Crippen LogP contribution >= 0.6 is 15.9 Å². The van der Waals surface area contributed by atoms with Crippen LogP contribution in [-0.4, -0.2) is 6.04 Å². The first kappa shape index (κ1) is 12.3. The molecule has 0 radical (unpaired) electrons. The molecule has 0 aromatic heterocycles. The third-order valence-corrected chi connectivity index (χ3v) is 6.24. The second-order valence-electron chi connectivity index (χ2n) is 7.06. The number of anilines is 1. The van der Waals surface area contributed by atoms with Crippen molar-refractivity contribution in [1.82, 2.24) is 0 Å². The highest BCUT2D eigenvalue weighted by molar-refractivity contribution is 9.10. The number of halogens is 1. The molecule has 0 aliphatic heterocycles. The van der Waals surface area contributed by atoms with E-state index in [1.807, 2.05) is 0 Å². The van der Waals surface area contributed by atoms with Crippen molar-refractivity contribution >= 4 is 21.6 Å². The van der Waals surface area contributed by atoms with Gasteiger partial charge in [-0.1, -0.05) is 22.0 Å². The predicted molar refractivity (Wildman–Crippen MR) is 83.3 cm³/mol. The first-order valence-corrected chi connectivity index (χ1v) is 8.51. The average molecular weight is 320 g/mol. The van der Waals surface area contributed by atoms with Gasteiger partial charge in [0.15, 0.2) is 0 Å². The number of hydrogen-bond donors (Lipinski definition) is 1. The minimum atomic E-state index is 0.737. The van der Waals surface area contributed by atoms with E-state index in [0.29, 0.717) is 0 Å². The second kappa shape index (κ2) is 4.51. The molecule has 0 atom stereocenters. The van der Waals surface area contributed by atoms with E-state index < -0.39 is 0 Å². The number of aryl methyl sites for hydroxylation is 1. The van der Waals surface area contributed by atoms with Gasteiger partial charge >= 0.3 is 0 Å². The van der Waals surface area contributed by atoms with Crippen LogP contribution in [0, 0.1) is 30.6 Å². The molecule has 4 saturated carbocycles. The maximum Gasteiger partial charge on any atom is 0.0383 e. The molecular weight excluding hydrogens is 298 g/mol. The average Bonchev–Trinajstić information content (AvgIpc) is 2.37. The van der Waals surface area contributed by atoms with Crippen molar-refractivity contribution < 1.29 is 0 Å². The molecule has 1 aromatic rings. The SMILES string of the molecule is Cc1ccc(Br)cc1NC1C2CC3CC(C2)CC1C3. The Hall–Kier alpha value is -0.500. The minimum Gasteiger partial charge on any atom is -0.382 e. The van der Waals surface area contributed by atoms with Crippen molar-refractivity contribution in [3.63, 3.8) is 0 Å². The molecule has 2 heteroatoms. The Morgan fingerprint density at radius 2 is 1.63 bits per heavy atom. The molecule has 4 bridgehead atoms. The molecule has 1 nitrogen and oxygen atoms in total. The highest BCUT2D eigenvalue weighted by atomic mass is 79.9. The normalized spacial score (nSPS) is 39.6. The Balaban J connectivity index is 1.58. The van der Waals surface area contributed by atoms with Crippen LogP contribution in [0.5, 0.6) is 0 Å². The Labute approximate surface area is 124 Å². The summed E-state index contributed by atoms with van der Waals surface area (Å²) < 4.78 is 1.18. The minimum absolute atomic E-state index is 0.737. The Morgan fingerprint density at radius 3 is 2.26 bits per heavy atom. The smallest absolute Gasteiger partial charge is 0.0383 e. The van der Waals surface area contributed by atoms with Crippen molar-refractivity contribution in [2.75, 3.05) is 5.32 Å². The monoisotopic (exact) mass is 319 g/mol. The molecule has 0 saturated heterocycles. The van der Waals surface area contributed by atoms with Crippen molar-refractivity contribution in [2.24, 2.45) is 23.7 Å². The van der Waals surface area contributed by atoms with Gasteiger partial charge in [0.1, 0.15) is 0 Å².